The molecular weight excluding hydrogens is 316 g/mol. The minimum absolute atomic E-state index is 0.111. The molecule has 0 saturated carbocycles. The largest absolute Gasteiger partial charge is 0.490 e. The van der Waals surface area contributed by atoms with Crippen LogP contribution in [0.4, 0.5) is 0 Å². The lowest BCUT2D eigenvalue weighted by Gasteiger charge is -2.15. The third-order valence-corrected chi connectivity index (χ3v) is 4.03. The average Bonchev–Trinajstić information content (AvgIpc) is 2.36. The molecule has 0 radical (unpaired) electrons. The van der Waals surface area contributed by atoms with Crippen molar-refractivity contribution in [2.75, 3.05) is 0 Å². The number of halogens is 1. The lowest BCUT2D eigenvalue weighted by Crippen LogP contribution is -2.15. The van der Waals surface area contributed by atoms with E-state index in [1.54, 1.807) is 20.8 Å². The third-order valence-electron chi connectivity index (χ3n) is 2.69. The van der Waals surface area contributed by atoms with Crippen LogP contribution in [-0.2, 0) is 13.8 Å². The summed E-state index contributed by atoms with van der Waals surface area (Å²) in [6.07, 6.45) is 0.196. The first-order valence-corrected chi connectivity index (χ1v) is 8.92. The van der Waals surface area contributed by atoms with E-state index in [1.807, 2.05) is 6.92 Å². The lowest BCUT2D eigenvalue weighted by molar-refractivity contribution is 0.0334. The maximum Gasteiger partial charge on any atom is 0.338 e. The summed E-state index contributed by atoms with van der Waals surface area (Å²) >= 11 is 0. The quantitative estimate of drug-likeness (QED) is 0.589. The molecule has 0 N–H and O–H groups in total. The fourth-order valence-electron chi connectivity index (χ4n) is 1.51. The van der Waals surface area contributed by atoms with Crippen LogP contribution in [0, 0.1) is 0 Å². The van der Waals surface area contributed by atoms with E-state index < -0.39 is 15.0 Å². The highest BCUT2D eigenvalue weighted by atomic mass is 35.7. The number of ether oxygens (including phenoxy) is 2. The van der Waals surface area contributed by atoms with Gasteiger partial charge in [0.15, 0.2) is 0 Å². The van der Waals surface area contributed by atoms with Crippen molar-refractivity contribution in [2.24, 2.45) is 0 Å². The Morgan fingerprint density at radius 3 is 2.38 bits per heavy atom. The Labute approximate surface area is 129 Å². The number of rotatable bonds is 6. The summed E-state index contributed by atoms with van der Waals surface area (Å²) in [4.78, 5) is 11.7. The Kier molecular flexibility index (Phi) is 6.04. The van der Waals surface area contributed by atoms with Gasteiger partial charge in [-0.1, -0.05) is 6.92 Å². The molecule has 0 fully saturated rings. The second kappa shape index (κ2) is 7.13. The smallest absolute Gasteiger partial charge is 0.338 e. The molecule has 0 aliphatic heterocycles. The Hall–Kier alpha value is -1.27. The Balaban J connectivity index is 3.19. The number of benzene rings is 1. The summed E-state index contributed by atoms with van der Waals surface area (Å²) in [6.45, 7) is 7.16. The van der Waals surface area contributed by atoms with Gasteiger partial charge in [-0.3, -0.25) is 0 Å². The van der Waals surface area contributed by atoms with Crippen molar-refractivity contribution in [3.05, 3.63) is 23.8 Å². The first-order valence-electron chi connectivity index (χ1n) is 6.61. The summed E-state index contributed by atoms with van der Waals surface area (Å²) < 4.78 is 33.8. The van der Waals surface area contributed by atoms with Crippen LogP contribution in [0.1, 0.15) is 44.5 Å². The molecule has 1 aromatic carbocycles. The topological polar surface area (TPSA) is 69.7 Å². The molecule has 0 heterocycles. The summed E-state index contributed by atoms with van der Waals surface area (Å²) in [5.74, 6) is -0.484. The molecule has 7 heteroatoms. The van der Waals surface area contributed by atoms with Crippen molar-refractivity contribution in [1.29, 1.82) is 0 Å². The van der Waals surface area contributed by atoms with Gasteiger partial charge in [0.1, 0.15) is 10.6 Å². The highest BCUT2D eigenvalue weighted by Gasteiger charge is 2.21. The minimum Gasteiger partial charge on any atom is -0.490 e. The number of carbonyl (C=O) groups is 1. The van der Waals surface area contributed by atoms with Crippen molar-refractivity contribution in [3.8, 4) is 5.75 Å². The molecule has 0 saturated heterocycles. The average molecular weight is 335 g/mol. The Morgan fingerprint density at radius 2 is 1.90 bits per heavy atom. The van der Waals surface area contributed by atoms with Crippen LogP contribution in [-0.4, -0.2) is 26.6 Å². The van der Waals surface area contributed by atoms with Gasteiger partial charge in [-0.15, -0.1) is 0 Å². The van der Waals surface area contributed by atoms with Crippen molar-refractivity contribution >= 4 is 25.7 Å². The number of hydrogen-bond acceptors (Lipinski definition) is 5. The lowest BCUT2D eigenvalue weighted by atomic mass is 10.2. The molecule has 1 rings (SSSR count). The van der Waals surface area contributed by atoms with Crippen molar-refractivity contribution < 1.29 is 22.7 Å². The van der Waals surface area contributed by atoms with E-state index in [0.29, 0.717) is 6.42 Å². The molecule has 0 amide bonds. The third kappa shape index (κ3) is 5.21. The molecule has 1 unspecified atom stereocenters. The molecule has 21 heavy (non-hydrogen) atoms. The number of esters is 1. The van der Waals surface area contributed by atoms with Crippen molar-refractivity contribution in [2.45, 2.75) is 51.2 Å². The second-order valence-electron chi connectivity index (χ2n) is 4.89. The monoisotopic (exact) mass is 334 g/mol. The van der Waals surface area contributed by atoms with Crippen LogP contribution in [0.3, 0.4) is 0 Å². The molecule has 0 aromatic heterocycles. The number of carbonyl (C=O) groups excluding carboxylic acids is 1. The van der Waals surface area contributed by atoms with Gasteiger partial charge in [-0.05, 0) is 45.4 Å². The van der Waals surface area contributed by atoms with Crippen LogP contribution < -0.4 is 4.74 Å². The predicted molar refractivity (Wildman–Crippen MR) is 80.4 cm³/mol. The van der Waals surface area contributed by atoms with E-state index >= 15 is 0 Å². The predicted octanol–water partition coefficient (Wildman–Crippen LogP) is 3.36. The minimum atomic E-state index is -4.03. The first kappa shape index (κ1) is 17.8. The molecule has 1 aromatic rings. The van der Waals surface area contributed by atoms with Gasteiger partial charge in [0.05, 0.1) is 17.8 Å². The van der Waals surface area contributed by atoms with E-state index in [4.69, 9.17) is 20.2 Å². The van der Waals surface area contributed by atoms with E-state index in [0.717, 1.165) is 0 Å². The summed E-state index contributed by atoms with van der Waals surface area (Å²) in [7, 11) is 1.37. The van der Waals surface area contributed by atoms with Crippen LogP contribution >= 0.6 is 10.7 Å². The van der Waals surface area contributed by atoms with Crippen LogP contribution in [0.2, 0.25) is 0 Å². The molecule has 1 atom stereocenters. The summed E-state index contributed by atoms with van der Waals surface area (Å²) in [5.41, 5.74) is 0.116. The zero-order valence-electron chi connectivity index (χ0n) is 12.4. The zero-order chi connectivity index (χ0) is 16.2. The van der Waals surface area contributed by atoms with Gasteiger partial charge in [-0.25, -0.2) is 13.2 Å². The van der Waals surface area contributed by atoms with E-state index in [2.05, 4.69) is 0 Å². The second-order valence-corrected chi connectivity index (χ2v) is 7.42. The normalized spacial score (nSPS) is 13.0. The van der Waals surface area contributed by atoms with Crippen molar-refractivity contribution in [3.63, 3.8) is 0 Å². The first-order chi connectivity index (χ1) is 9.65. The number of hydrogen-bond donors (Lipinski definition) is 0. The molecular formula is C14H19ClO5S. The Morgan fingerprint density at radius 1 is 1.29 bits per heavy atom. The van der Waals surface area contributed by atoms with Crippen molar-refractivity contribution in [1.82, 2.24) is 0 Å². The molecule has 118 valence electrons. The highest BCUT2D eigenvalue weighted by Crippen LogP contribution is 2.29. The maximum atomic E-state index is 11.9. The SMILES string of the molecule is CCC(C)OC(=O)c1ccc(OC(C)C)c(S(=O)(=O)Cl)c1. The van der Waals surface area contributed by atoms with Gasteiger partial charge >= 0.3 is 5.97 Å². The molecule has 0 bridgehead atoms. The molecule has 0 spiro atoms. The standard InChI is InChI=1S/C14H19ClO5S/c1-5-10(4)20-14(16)11-6-7-12(19-9(2)3)13(8-11)21(15,17)18/h6-10H,5H2,1-4H3. The summed E-state index contributed by atoms with van der Waals surface area (Å²) in [6, 6.07) is 4.03. The van der Waals surface area contributed by atoms with Gasteiger partial charge in [0.25, 0.3) is 9.05 Å². The zero-order valence-corrected chi connectivity index (χ0v) is 14.0. The fourth-order valence-corrected chi connectivity index (χ4v) is 2.50. The van der Waals surface area contributed by atoms with Gasteiger partial charge in [-0.2, -0.15) is 0 Å². The van der Waals surface area contributed by atoms with E-state index in [-0.39, 0.29) is 28.4 Å². The van der Waals surface area contributed by atoms with E-state index in [9.17, 15) is 13.2 Å². The van der Waals surface area contributed by atoms with Crippen LogP contribution in [0.15, 0.2) is 23.1 Å². The fraction of sp³-hybridized carbons (Fsp3) is 0.500. The van der Waals surface area contributed by atoms with Gasteiger partial charge < -0.3 is 9.47 Å². The van der Waals surface area contributed by atoms with Crippen LogP contribution in [0.5, 0.6) is 5.75 Å². The van der Waals surface area contributed by atoms with Crippen LogP contribution in [0.25, 0.3) is 0 Å². The molecule has 5 nitrogen and oxygen atoms in total. The molecule has 0 aliphatic rings. The Bertz CT molecular complexity index is 610. The van der Waals surface area contributed by atoms with Gasteiger partial charge in [0, 0.05) is 10.7 Å². The summed E-state index contributed by atoms with van der Waals surface area (Å²) in [5, 5.41) is 0. The maximum absolute atomic E-state index is 11.9. The van der Waals surface area contributed by atoms with Gasteiger partial charge in [0.2, 0.25) is 0 Å². The molecule has 0 aliphatic carbocycles. The van der Waals surface area contributed by atoms with E-state index in [1.165, 1.54) is 18.2 Å². The highest BCUT2D eigenvalue weighted by molar-refractivity contribution is 8.13.